The van der Waals surface area contributed by atoms with Crippen LogP contribution >= 0.6 is 11.9 Å². The smallest absolute Gasteiger partial charge is 0.261 e. The first-order valence-corrected chi connectivity index (χ1v) is 8.98. The van der Waals surface area contributed by atoms with Crippen molar-refractivity contribution in [3.63, 3.8) is 0 Å². The highest BCUT2D eigenvalue weighted by Crippen LogP contribution is 2.10. The van der Waals surface area contributed by atoms with Crippen molar-refractivity contribution >= 4 is 28.5 Å². The molecule has 0 saturated carbocycles. The molecule has 0 spiro atoms. The van der Waals surface area contributed by atoms with Crippen molar-refractivity contribution in [2.45, 2.75) is 6.42 Å². The lowest BCUT2D eigenvalue weighted by Gasteiger charge is -2.09. The maximum atomic E-state index is 12.4. The monoisotopic (exact) mass is 352 g/mol. The molecule has 0 saturated heterocycles. The van der Waals surface area contributed by atoms with E-state index in [0.717, 1.165) is 22.7 Å². The Balaban J connectivity index is 1.60. The van der Waals surface area contributed by atoms with Gasteiger partial charge >= 0.3 is 0 Å². The number of aromatic nitrogens is 2. The zero-order chi connectivity index (χ0) is 17.6. The van der Waals surface area contributed by atoms with Crippen LogP contribution in [-0.2, 0) is 13.5 Å². The highest BCUT2D eigenvalue weighted by Gasteiger charge is 2.07. The fourth-order valence-electron chi connectivity index (χ4n) is 2.51. The van der Waals surface area contributed by atoms with Crippen LogP contribution in [0.1, 0.15) is 11.4 Å². The summed E-state index contributed by atoms with van der Waals surface area (Å²) in [7, 11) is 1.77. The maximum absolute atomic E-state index is 12.4. The standard InChI is InChI=1S/C19H20N4OS/c1-23-18(22-17-10-6-5-9-15(17)19(23)24)11-12-25-21-13-16(20)14-7-3-2-4-8-14/h2-10,13,21H,11-12,20H2,1H3/b16-13-. The average Bonchev–Trinajstić information content (AvgIpc) is 2.66. The number of hydrogen-bond acceptors (Lipinski definition) is 5. The molecule has 3 N–H and O–H groups in total. The minimum Gasteiger partial charge on any atom is -0.397 e. The molecule has 0 aliphatic carbocycles. The summed E-state index contributed by atoms with van der Waals surface area (Å²) < 4.78 is 4.76. The topological polar surface area (TPSA) is 72.9 Å². The lowest BCUT2D eigenvalue weighted by atomic mass is 10.2. The van der Waals surface area contributed by atoms with Crippen molar-refractivity contribution < 1.29 is 0 Å². The molecule has 0 fully saturated rings. The van der Waals surface area contributed by atoms with E-state index in [4.69, 9.17) is 5.73 Å². The van der Waals surface area contributed by atoms with Crippen molar-refractivity contribution in [1.82, 2.24) is 14.3 Å². The number of fused-ring (bicyclic) bond motifs is 1. The van der Waals surface area contributed by atoms with E-state index in [1.165, 1.54) is 11.9 Å². The van der Waals surface area contributed by atoms with E-state index in [2.05, 4.69) is 9.71 Å². The number of hydrogen-bond donors (Lipinski definition) is 2. The average molecular weight is 352 g/mol. The Hall–Kier alpha value is -2.73. The second-order valence-corrected chi connectivity index (χ2v) is 6.52. The van der Waals surface area contributed by atoms with Gasteiger partial charge in [0.1, 0.15) is 5.82 Å². The summed E-state index contributed by atoms with van der Waals surface area (Å²) in [4.78, 5) is 17.0. The Kier molecular flexibility index (Phi) is 5.40. The second kappa shape index (κ2) is 7.90. The van der Waals surface area contributed by atoms with Gasteiger partial charge in [-0.3, -0.25) is 9.36 Å². The number of rotatable bonds is 6. The van der Waals surface area contributed by atoms with Gasteiger partial charge in [0.15, 0.2) is 0 Å². The van der Waals surface area contributed by atoms with Gasteiger partial charge in [0.2, 0.25) is 0 Å². The molecule has 0 amide bonds. The predicted octanol–water partition coefficient (Wildman–Crippen LogP) is 2.67. The van der Waals surface area contributed by atoms with Gasteiger partial charge < -0.3 is 10.5 Å². The Bertz CT molecular complexity index is 951. The maximum Gasteiger partial charge on any atom is 0.261 e. The van der Waals surface area contributed by atoms with Crippen molar-refractivity contribution in [2.75, 3.05) is 5.75 Å². The summed E-state index contributed by atoms with van der Waals surface area (Å²) in [5, 5.41) is 0.651. The van der Waals surface area contributed by atoms with Crippen LogP contribution in [0.2, 0.25) is 0 Å². The zero-order valence-electron chi connectivity index (χ0n) is 14.0. The molecule has 3 aromatic rings. The van der Waals surface area contributed by atoms with Gasteiger partial charge in [0.25, 0.3) is 5.56 Å². The molecule has 2 aromatic carbocycles. The molecule has 6 heteroatoms. The Morgan fingerprint density at radius 1 is 1.20 bits per heavy atom. The van der Waals surface area contributed by atoms with Crippen LogP contribution in [0.25, 0.3) is 16.6 Å². The molecular formula is C19H20N4OS. The molecule has 25 heavy (non-hydrogen) atoms. The lowest BCUT2D eigenvalue weighted by molar-refractivity contribution is 0.755. The molecule has 128 valence electrons. The predicted molar refractivity (Wildman–Crippen MR) is 105 cm³/mol. The van der Waals surface area contributed by atoms with Crippen LogP contribution < -0.4 is 16.0 Å². The van der Waals surface area contributed by atoms with Crippen molar-refractivity contribution in [3.05, 3.63) is 82.5 Å². The molecule has 1 heterocycles. The van der Waals surface area contributed by atoms with E-state index in [1.807, 2.05) is 54.6 Å². The van der Waals surface area contributed by atoms with E-state index in [-0.39, 0.29) is 5.56 Å². The van der Waals surface area contributed by atoms with Gasteiger partial charge in [0, 0.05) is 25.4 Å². The van der Waals surface area contributed by atoms with Gasteiger partial charge in [-0.1, -0.05) is 54.4 Å². The van der Waals surface area contributed by atoms with E-state index in [1.54, 1.807) is 17.8 Å². The SMILES string of the molecule is Cn1c(CCSN/C=C(\N)c2ccccc2)nc2ccccc2c1=O. The molecule has 0 unspecified atom stereocenters. The van der Waals surface area contributed by atoms with Crippen LogP contribution in [0, 0.1) is 0 Å². The number of para-hydroxylation sites is 1. The van der Waals surface area contributed by atoms with Gasteiger partial charge in [0.05, 0.1) is 16.6 Å². The minimum absolute atomic E-state index is 0.00761. The molecule has 0 aliphatic heterocycles. The van der Waals surface area contributed by atoms with E-state index < -0.39 is 0 Å². The Labute approximate surface area is 150 Å². The third-order valence-electron chi connectivity index (χ3n) is 3.91. The van der Waals surface area contributed by atoms with Crippen molar-refractivity contribution in [3.8, 4) is 0 Å². The molecule has 1 aromatic heterocycles. The van der Waals surface area contributed by atoms with Gasteiger partial charge in [-0.25, -0.2) is 4.98 Å². The van der Waals surface area contributed by atoms with Crippen LogP contribution in [0.15, 0.2) is 65.6 Å². The fourth-order valence-corrected chi connectivity index (χ4v) is 3.12. The zero-order valence-corrected chi connectivity index (χ0v) is 14.8. The first kappa shape index (κ1) is 17.1. The highest BCUT2D eigenvalue weighted by molar-refractivity contribution is 7.97. The summed E-state index contributed by atoms with van der Waals surface area (Å²) in [6, 6.07) is 17.2. The molecule has 3 rings (SSSR count). The molecule has 0 bridgehead atoms. The summed E-state index contributed by atoms with van der Waals surface area (Å²) in [6.07, 6.45) is 2.47. The number of nitrogens with zero attached hydrogens (tertiary/aromatic N) is 2. The van der Waals surface area contributed by atoms with Gasteiger partial charge in [-0.15, -0.1) is 0 Å². The molecular weight excluding hydrogens is 332 g/mol. The second-order valence-electron chi connectivity index (χ2n) is 5.59. The molecule has 0 radical (unpaired) electrons. The summed E-state index contributed by atoms with van der Waals surface area (Å²) in [6.45, 7) is 0. The Morgan fingerprint density at radius 2 is 1.92 bits per heavy atom. The first-order valence-electron chi connectivity index (χ1n) is 8.00. The first-order chi connectivity index (χ1) is 12.2. The minimum atomic E-state index is -0.00761. The third-order valence-corrected chi connectivity index (χ3v) is 4.60. The van der Waals surface area contributed by atoms with Crippen LogP contribution in [0.5, 0.6) is 0 Å². The molecule has 0 aliphatic rings. The van der Waals surface area contributed by atoms with Gasteiger partial charge in [-0.2, -0.15) is 0 Å². The number of nitrogens with one attached hydrogen (secondary N) is 1. The largest absolute Gasteiger partial charge is 0.397 e. The third kappa shape index (κ3) is 4.03. The number of benzene rings is 2. The summed E-state index contributed by atoms with van der Waals surface area (Å²) in [5.74, 6) is 1.55. The summed E-state index contributed by atoms with van der Waals surface area (Å²) >= 11 is 1.53. The molecule has 0 atom stereocenters. The van der Waals surface area contributed by atoms with Crippen LogP contribution in [0.4, 0.5) is 0 Å². The Morgan fingerprint density at radius 3 is 2.72 bits per heavy atom. The number of nitrogens with two attached hydrogens (primary N) is 1. The highest BCUT2D eigenvalue weighted by atomic mass is 32.2. The fraction of sp³-hybridized carbons (Fsp3) is 0.158. The van der Waals surface area contributed by atoms with E-state index in [0.29, 0.717) is 17.5 Å². The van der Waals surface area contributed by atoms with Crippen molar-refractivity contribution in [2.24, 2.45) is 12.8 Å². The van der Waals surface area contributed by atoms with Crippen molar-refractivity contribution in [1.29, 1.82) is 0 Å². The summed E-state index contributed by atoms with van der Waals surface area (Å²) in [5.41, 5.74) is 8.42. The lowest BCUT2D eigenvalue weighted by Crippen LogP contribution is -2.22. The molecule has 5 nitrogen and oxygen atoms in total. The van der Waals surface area contributed by atoms with E-state index >= 15 is 0 Å². The normalized spacial score (nSPS) is 11.6. The van der Waals surface area contributed by atoms with E-state index in [9.17, 15) is 4.79 Å². The van der Waals surface area contributed by atoms with Gasteiger partial charge in [-0.05, 0) is 17.7 Å². The quantitative estimate of drug-likeness (QED) is 0.527. The number of aryl methyl sites for hydroxylation is 1. The van der Waals surface area contributed by atoms with Crippen LogP contribution in [-0.4, -0.2) is 15.3 Å². The van der Waals surface area contributed by atoms with Crippen LogP contribution in [0.3, 0.4) is 0 Å².